The zero-order valence-corrected chi connectivity index (χ0v) is 7.78. The summed E-state index contributed by atoms with van der Waals surface area (Å²) in [6.07, 6.45) is 2.62. The molecule has 1 aliphatic rings. The van der Waals surface area contributed by atoms with Crippen molar-refractivity contribution in [2.45, 2.75) is 40.5 Å². The molecule has 1 aliphatic carbocycles. The van der Waals surface area contributed by atoms with Crippen molar-refractivity contribution in [3.05, 3.63) is 12.2 Å². The van der Waals surface area contributed by atoms with Gasteiger partial charge in [-0.3, -0.25) is 0 Å². The molecule has 0 aromatic heterocycles. The van der Waals surface area contributed by atoms with Gasteiger partial charge in [-0.1, -0.05) is 39.8 Å². The summed E-state index contributed by atoms with van der Waals surface area (Å²) in [4.78, 5) is 0. The van der Waals surface area contributed by atoms with Gasteiger partial charge in [-0.15, -0.1) is 0 Å². The molecule has 0 nitrogen and oxygen atoms in total. The van der Waals surface area contributed by atoms with Crippen LogP contribution in [0.1, 0.15) is 40.5 Å². The minimum absolute atomic E-state index is 0.796. The first-order valence-corrected chi connectivity index (χ1v) is 4.38. The maximum atomic E-state index is 3.99. The average Bonchev–Trinajstić information content (AvgIpc) is 2.16. The molecule has 0 bridgehead atoms. The topological polar surface area (TPSA) is 0 Å². The maximum absolute atomic E-state index is 3.99. The fourth-order valence-electron chi connectivity index (χ4n) is 1.50. The Kier molecular flexibility index (Phi) is 4.42. The normalized spacial score (nSPS) is 31.4. The van der Waals surface area contributed by atoms with E-state index < -0.39 is 0 Å². The molecular weight excluding hydrogens is 120 g/mol. The van der Waals surface area contributed by atoms with Gasteiger partial charge in [0.25, 0.3) is 0 Å². The molecule has 0 N–H and O–H groups in total. The average molecular weight is 140 g/mol. The summed E-state index contributed by atoms with van der Waals surface area (Å²) in [5.41, 5.74) is 1.46. The van der Waals surface area contributed by atoms with E-state index in [1.54, 1.807) is 0 Å². The SMILES string of the molecule is C=C1C[C@@H](C)C[C@H]1C.CC. The lowest BCUT2D eigenvalue weighted by Crippen LogP contribution is -1.86. The van der Waals surface area contributed by atoms with Crippen molar-refractivity contribution in [2.24, 2.45) is 11.8 Å². The molecule has 0 saturated heterocycles. The Balaban J connectivity index is 0.000000371. The Bertz CT molecular complexity index is 103. The van der Waals surface area contributed by atoms with Crippen molar-refractivity contribution in [3.8, 4) is 0 Å². The van der Waals surface area contributed by atoms with Crippen LogP contribution in [0.4, 0.5) is 0 Å². The van der Waals surface area contributed by atoms with Crippen LogP contribution >= 0.6 is 0 Å². The Morgan fingerprint density at radius 3 is 1.90 bits per heavy atom. The third-order valence-corrected chi connectivity index (χ3v) is 2.06. The van der Waals surface area contributed by atoms with E-state index in [1.165, 1.54) is 18.4 Å². The van der Waals surface area contributed by atoms with E-state index in [0.717, 1.165) is 11.8 Å². The van der Waals surface area contributed by atoms with Crippen molar-refractivity contribution in [2.75, 3.05) is 0 Å². The second kappa shape index (κ2) is 4.54. The van der Waals surface area contributed by atoms with Crippen molar-refractivity contribution >= 4 is 0 Å². The van der Waals surface area contributed by atoms with Gasteiger partial charge in [0.05, 0.1) is 0 Å². The number of hydrogen-bond donors (Lipinski definition) is 0. The molecule has 0 heteroatoms. The third kappa shape index (κ3) is 2.55. The smallest absolute Gasteiger partial charge is 0.0232 e. The first-order chi connectivity index (χ1) is 4.70. The molecule has 0 amide bonds. The van der Waals surface area contributed by atoms with Gasteiger partial charge in [0.1, 0.15) is 0 Å². The lowest BCUT2D eigenvalue weighted by molar-refractivity contribution is 0.563. The summed E-state index contributed by atoms with van der Waals surface area (Å²) in [6.45, 7) is 12.6. The molecule has 2 atom stereocenters. The van der Waals surface area contributed by atoms with E-state index in [-0.39, 0.29) is 0 Å². The highest BCUT2D eigenvalue weighted by Gasteiger charge is 2.20. The van der Waals surface area contributed by atoms with Crippen LogP contribution in [0.5, 0.6) is 0 Å². The summed E-state index contributed by atoms with van der Waals surface area (Å²) < 4.78 is 0. The van der Waals surface area contributed by atoms with Gasteiger partial charge < -0.3 is 0 Å². The molecule has 1 rings (SSSR count). The van der Waals surface area contributed by atoms with Crippen LogP contribution in [0.15, 0.2) is 12.2 Å². The molecule has 0 radical (unpaired) electrons. The highest BCUT2D eigenvalue weighted by molar-refractivity contribution is 5.05. The molecular formula is C10H20. The molecule has 0 aromatic rings. The predicted octanol–water partition coefficient (Wildman–Crippen LogP) is 3.63. The minimum atomic E-state index is 0.796. The van der Waals surface area contributed by atoms with Crippen molar-refractivity contribution in [1.29, 1.82) is 0 Å². The largest absolute Gasteiger partial charge is 0.0996 e. The zero-order valence-electron chi connectivity index (χ0n) is 7.78. The summed E-state index contributed by atoms with van der Waals surface area (Å²) in [7, 11) is 0. The lowest BCUT2D eigenvalue weighted by Gasteiger charge is -1.98. The van der Waals surface area contributed by atoms with Gasteiger partial charge in [0, 0.05) is 0 Å². The molecule has 0 aliphatic heterocycles. The van der Waals surface area contributed by atoms with Crippen LogP contribution in [-0.4, -0.2) is 0 Å². The highest BCUT2D eigenvalue weighted by atomic mass is 14.3. The van der Waals surface area contributed by atoms with Gasteiger partial charge in [-0.2, -0.15) is 0 Å². The second-order valence-electron chi connectivity index (χ2n) is 3.10. The van der Waals surface area contributed by atoms with Crippen LogP contribution in [0.25, 0.3) is 0 Å². The lowest BCUT2D eigenvalue weighted by atomic mass is 10.1. The summed E-state index contributed by atoms with van der Waals surface area (Å²) in [5.74, 6) is 1.70. The van der Waals surface area contributed by atoms with Crippen LogP contribution in [0.2, 0.25) is 0 Å². The Morgan fingerprint density at radius 1 is 1.30 bits per heavy atom. The van der Waals surface area contributed by atoms with Crippen LogP contribution < -0.4 is 0 Å². The molecule has 0 aromatic carbocycles. The summed E-state index contributed by atoms with van der Waals surface area (Å²) in [6, 6.07) is 0. The first-order valence-electron chi connectivity index (χ1n) is 4.38. The number of hydrogen-bond acceptors (Lipinski definition) is 0. The fourth-order valence-corrected chi connectivity index (χ4v) is 1.50. The van der Waals surface area contributed by atoms with Crippen molar-refractivity contribution in [1.82, 2.24) is 0 Å². The minimum Gasteiger partial charge on any atom is -0.0996 e. The van der Waals surface area contributed by atoms with Crippen LogP contribution in [0.3, 0.4) is 0 Å². The molecule has 0 spiro atoms. The van der Waals surface area contributed by atoms with E-state index in [2.05, 4.69) is 20.4 Å². The number of allylic oxidation sites excluding steroid dienone is 1. The van der Waals surface area contributed by atoms with Gasteiger partial charge in [0.2, 0.25) is 0 Å². The van der Waals surface area contributed by atoms with Crippen LogP contribution in [0, 0.1) is 11.8 Å². The van der Waals surface area contributed by atoms with Gasteiger partial charge >= 0.3 is 0 Å². The van der Waals surface area contributed by atoms with Gasteiger partial charge in [-0.25, -0.2) is 0 Å². The maximum Gasteiger partial charge on any atom is -0.0232 e. The fraction of sp³-hybridized carbons (Fsp3) is 0.800. The summed E-state index contributed by atoms with van der Waals surface area (Å²) >= 11 is 0. The quantitative estimate of drug-likeness (QED) is 0.451. The monoisotopic (exact) mass is 140 g/mol. The second-order valence-corrected chi connectivity index (χ2v) is 3.10. The van der Waals surface area contributed by atoms with Crippen LogP contribution in [-0.2, 0) is 0 Å². The molecule has 60 valence electrons. The summed E-state index contributed by atoms with van der Waals surface area (Å²) in [5, 5.41) is 0. The molecule has 1 fully saturated rings. The molecule has 1 saturated carbocycles. The molecule has 10 heavy (non-hydrogen) atoms. The Hall–Kier alpha value is -0.260. The zero-order chi connectivity index (χ0) is 8.15. The number of rotatable bonds is 0. The van der Waals surface area contributed by atoms with E-state index in [0.29, 0.717) is 0 Å². The van der Waals surface area contributed by atoms with E-state index >= 15 is 0 Å². The van der Waals surface area contributed by atoms with E-state index in [9.17, 15) is 0 Å². The third-order valence-electron chi connectivity index (χ3n) is 2.06. The van der Waals surface area contributed by atoms with E-state index in [1.807, 2.05) is 13.8 Å². The van der Waals surface area contributed by atoms with Crippen molar-refractivity contribution < 1.29 is 0 Å². The first kappa shape index (κ1) is 9.74. The molecule has 0 unspecified atom stereocenters. The highest BCUT2D eigenvalue weighted by Crippen LogP contribution is 2.33. The van der Waals surface area contributed by atoms with E-state index in [4.69, 9.17) is 0 Å². The Labute approximate surface area is 65.3 Å². The standard InChI is InChI=1S/C8H14.C2H6/c1-6-4-7(2)8(3)5-6;1-2/h6,8H,2,4-5H2,1,3H3;1-2H3/t6-,8-;/m1./s1. The van der Waals surface area contributed by atoms with Gasteiger partial charge in [0.15, 0.2) is 0 Å². The Morgan fingerprint density at radius 2 is 1.80 bits per heavy atom. The van der Waals surface area contributed by atoms with Crippen molar-refractivity contribution in [3.63, 3.8) is 0 Å². The molecule has 0 heterocycles. The van der Waals surface area contributed by atoms with Gasteiger partial charge in [-0.05, 0) is 24.7 Å². The predicted molar refractivity (Wildman–Crippen MR) is 48.1 cm³/mol.